The minimum absolute atomic E-state index is 0.0797. The highest BCUT2D eigenvalue weighted by Gasteiger charge is 2.25. The molecule has 2 heterocycles. The summed E-state index contributed by atoms with van der Waals surface area (Å²) in [5, 5.41) is 15.6. The summed E-state index contributed by atoms with van der Waals surface area (Å²) in [5.41, 5.74) is 7.71. The van der Waals surface area contributed by atoms with Gasteiger partial charge >= 0.3 is 0 Å². The van der Waals surface area contributed by atoms with Gasteiger partial charge in [0.15, 0.2) is 0 Å². The van der Waals surface area contributed by atoms with E-state index in [9.17, 15) is 9.59 Å². The summed E-state index contributed by atoms with van der Waals surface area (Å²) >= 11 is 2.63. The number of carbonyl (C=O) groups excluding carboxylic acids is 2. The Bertz CT molecular complexity index is 1090. The number of hydrogen-bond acceptors (Lipinski definition) is 8. The number of benzene rings is 1. The van der Waals surface area contributed by atoms with Crippen LogP contribution in [-0.4, -0.2) is 44.9 Å². The van der Waals surface area contributed by atoms with E-state index in [1.807, 2.05) is 24.3 Å². The second-order valence-corrected chi connectivity index (χ2v) is 8.71. The van der Waals surface area contributed by atoms with Crippen LogP contribution < -0.4 is 15.8 Å². The molecule has 0 saturated heterocycles. The molecule has 0 aliphatic heterocycles. The molecule has 0 spiro atoms. The third kappa shape index (κ3) is 4.03. The summed E-state index contributed by atoms with van der Waals surface area (Å²) < 4.78 is 6.88. The van der Waals surface area contributed by atoms with Crippen molar-refractivity contribution in [3.63, 3.8) is 0 Å². The molecule has 156 valence electrons. The van der Waals surface area contributed by atoms with Crippen molar-refractivity contribution in [3.8, 4) is 11.4 Å². The Morgan fingerprint density at radius 1 is 1.30 bits per heavy atom. The van der Waals surface area contributed by atoms with Crippen molar-refractivity contribution in [1.29, 1.82) is 0 Å². The summed E-state index contributed by atoms with van der Waals surface area (Å²) in [6.07, 6.45) is 3.85. The number of primary amides is 1. The maximum absolute atomic E-state index is 12.6. The van der Waals surface area contributed by atoms with Gasteiger partial charge in [0.1, 0.15) is 16.4 Å². The zero-order valence-corrected chi connectivity index (χ0v) is 17.9. The molecule has 3 aromatic rings. The van der Waals surface area contributed by atoms with Crippen LogP contribution >= 0.6 is 23.1 Å². The zero-order valence-electron chi connectivity index (χ0n) is 16.3. The van der Waals surface area contributed by atoms with Crippen LogP contribution in [-0.2, 0) is 17.6 Å². The molecule has 3 N–H and O–H groups in total. The molecule has 0 fully saturated rings. The number of tetrazole rings is 1. The summed E-state index contributed by atoms with van der Waals surface area (Å²) in [6, 6.07) is 7.34. The smallest absolute Gasteiger partial charge is 0.251 e. The second-order valence-electron chi connectivity index (χ2n) is 6.66. The largest absolute Gasteiger partial charge is 0.494 e. The topological polar surface area (TPSA) is 125 Å². The predicted molar refractivity (Wildman–Crippen MR) is 115 cm³/mol. The predicted octanol–water partition coefficient (Wildman–Crippen LogP) is 2.44. The van der Waals surface area contributed by atoms with E-state index in [1.165, 1.54) is 27.8 Å². The highest BCUT2D eigenvalue weighted by Crippen LogP contribution is 2.38. The first-order chi connectivity index (χ1) is 14.6. The fraction of sp³-hybridized carbons (Fsp3) is 0.316. The van der Waals surface area contributed by atoms with Crippen LogP contribution in [0, 0.1) is 0 Å². The van der Waals surface area contributed by atoms with Crippen molar-refractivity contribution in [3.05, 3.63) is 40.3 Å². The van der Waals surface area contributed by atoms with Crippen molar-refractivity contribution in [2.45, 2.75) is 30.8 Å². The standard InChI is InChI=1S/C19H20N6O3S2/c1-28-13-8-4-3-7-12(13)25-19(22-23-24-25)29-10-15(26)21-18-16(17(20)27)11-6-2-5-9-14(11)30-18/h3-4,7-8H,2,5-6,9-10H2,1H3,(H2,20,27)(H,21,26). The summed E-state index contributed by atoms with van der Waals surface area (Å²) in [5.74, 6) is -0.0597. The molecule has 30 heavy (non-hydrogen) atoms. The molecule has 4 rings (SSSR count). The van der Waals surface area contributed by atoms with Gasteiger partial charge in [-0.1, -0.05) is 23.9 Å². The molecule has 2 amide bonds. The zero-order chi connectivity index (χ0) is 21.1. The van der Waals surface area contributed by atoms with Gasteiger partial charge in [0.25, 0.3) is 5.91 Å². The Hall–Kier alpha value is -2.92. The molecule has 9 nitrogen and oxygen atoms in total. The Balaban J connectivity index is 1.48. The summed E-state index contributed by atoms with van der Waals surface area (Å²) in [7, 11) is 1.57. The fourth-order valence-electron chi connectivity index (χ4n) is 3.43. The third-order valence-electron chi connectivity index (χ3n) is 4.76. The van der Waals surface area contributed by atoms with Gasteiger partial charge in [0.2, 0.25) is 11.1 Å². The number of thioether (sulfide) groups is 1. The Morgan fingerprint density at radius 2 is 2.10 bits per heavy atom. The number of para-hydroxylation sites is 2. The number of hydrogen-bond donors (Lipinski definition) is 2. The number of fused-ring (bicyclic) bond motifs is 1. The van der Waals surface area contributed by atoms with Gasteiger partial charge in [-0.15, -0.1) is 16.4 Å². The van der Waals surface area contributed by atoms with E-state index in [1.54, 1.807) is 7.11 Å². The van der Waals surface area contributed by atoms with Gasteiger partial charge in [-0.2, -0.15) is 4.68 Å². The van der Waals surface area contributed by atoms with E-state index < -0.39 is 5.91 Å². The molecule has 0 bridgehead atoms. The molecular weight excluding hydrogens is 424 g/mol. The molecule has 11 heteroatoms. The first-order valence-electron chi connectivity index (χ1n) is 9.37. The molecule has 0 unspecified atom stereocenters. The second kappa shape index (κ2) is 8.84. The number of anilines is 1. The van der Waals surface area contributed by atoms with E-state index in [0.717, 1.165) is 36.1 Å². The molecule has 0 saturated carbocycles. The molecule has 0 atom stereocenters. The first-order valence-corrected chi connectivity index (χ1v) is 11.2. The average molecular weight is 445 g/mol. The van der Waals surface area contributed by atoms with E-state index in [2.05, 4.69) is 20.8 Å². The molecule has 1 aliphatic carbocycles. The number of nitrogens with zero attached hydrogens (tertiary/aromatic N) is 4. The first kappa shape index (κ1) is 20.4. The Labute approximate surface area is 181 Å². The Morgan fingerprint density at radius 3 is 2.90 bits per heavy atom. The number of thiophene rings is 1. The van der Waals surface area contributed by atoms with Crippen molar-refractivity contribution in [2.24, 2.45) is 5.73 Å². The SMILES string of the molecule is COc1ccccc1-n1nnnc1SCC(=O)Nc1sc2c(c1C(N)=O)CCCC2. The number of rotatable bonds is 7. The monoisotopic (exact) mass is 444 g/mol. The number of aromatic nitrogens is 4. The normalized spacial score (nSPS) is 13.0. The van der Waals surface area contributed by atoms with E-state index in [0.29, 0.717) is 27.2 Å². The molecule has 1 aromatic carbocycles. The molecule has 0 radical (unpaired) electrons. The number of ether oxygens (including phenoxy) is 1. The van der Waals surface area contributed by atoms with Crippen molar-refractivity contribution in [2.75, 3.05) is 18.2 Å². The van der Waals surface area contributed by atoms with Crippen LogP contribution in [0.15, 0.2) is 29.4 Å². The molecule has 1 aliphatic rings. The van der Waals surface area contributed by atoms with Gasteiger partial charge in [-0.3, -0.25) is 9.59 Å². The van der Waals surface area contributed by atoms with Crippen LogP contribution in [0.1, 0.15) is 33.6 Å². The number of carbonyl (C=O) groups is 2. The summed E-state index contributed by atoms with van der Waals surface area (Å²) in [6.45, 7) is 0. The van der Waals surface area contributed by atoms with Crippen LogP contribution in [0.3, 0.4) is 0 Å². The van der Waals surface area contributed by atoms with Gasteiger partial charge in [-0.25, -0.2) is 0 Å². The number of nitrogens with one attached hydrogen (secondary N) is 1. The van der Waals surface area contributed by atoms with Gasteiger partial charge in [0.05, 0.1) is 18.4 Å². The number of nitrogens with two attached hydrogens (primary N) is 1. The van der Waals surface area contributed by atoms with Gasteiger partial charge < -0.3 is 15.8 Å². The number of amides is 2. The van der Waals surface area contributed by atoms with Crippen molar-refractivity contribution in [1.82, 2.24) is 20.2 Å². The van der Waals surface area contributed by atoms with Crippen LogP contribution in [0.4, 0.5) is 5.00 Å². The fourth-order valence-corrected chi connectivity index (χ4v) is 5.43. The lowest BCUT2D eigenvalue weighted by Gasteiger charge is -2.11. The highest BCUT2D eigenvalue weighted by molar-refractivity contribution is 7.99. The highest BCUT2D eigenvalue weighted by atomic mass is 32.2. The Kier molecular flexibility index (Phi) is 6.00. The van der Waals surface area contributed by atoms with Gasteiger partial charge in [-0.05, 0) is 53.8 Å². The van der Waals surface area contributed by atoms with Crippen LogP contribution in [0.25, 0.3) is 5.69 Å². The summed E-state index contributed by atoms with van der Waals surface area (Å²) in [4.78, 5) is 25.7. The lowest BCUT2D eigenvalue weighted by atomic mass is 9.95. The molecular formula is C19H20N6O3S2. The van der Waals surface area contributed by atoms with Crippen molar-refractivity contribution < 1.29 is 14.3 Å². The maximum atomic E-state index is 12.6. The lowest BCUT2D eigenvalue weighted by molar-refractivity contribution is -0.113. The third-order valence-corrected chi connectivity index (χ3v) is 6.88. The van der Waals surface area contributed by atoms with E-state index >= 15 is 0 Å². The number of aryl methyl sites for hydroxylation is 1. The van der Waals surface area contributed by atoms with E-state index in [-0.39, 0.29) is 11.7 Å². The van der Waals surface area contributed by atoms with Crippen LogP contribution in [0.5, 0.6) is 5.75 Å². The van der Waals surface area contributed by atoms with Crippen LogP contribution in [0.2, 0.25) is 0 Å². The molecule has 2 aromatic heterocycles. The van der Waals surface area contributed by atoms with E-state index in [4.69, 9.17) is 10.5 Å². The quantitative estimate of drug-likeness (QED) is 0.536. The maximum Gasteiger partial charge on any atom is 0.251 e. The van der Waals surface area contributed by atoms with Gasteiger partial charge in [0, 0.05) is 4.88 Å². The van der Waals surface area contributed by atoms with Crippen molar-refractivity contribution >= 4 is 39.9 Å². The average Bonchev–Trinajstić information content (AvgIpc) is 3.36. The lowest BCUT2D eigenvalue weighted by Crippen LogP contribution is -2.19. The minimum atomic E-state index is -0.502. The number of methoxy groups -OCH3 is 1. The minimum Gasteiger partial charge on any atom is -0.494 e.